The average molecular weight is 403 g/mol. The Labute approximate surface area is 174 Å². The van der Waals surface area contributed by atoms with Crippen LogP contribution in [-0.4, -0.2) is 22.3 Å². The van der Waals surface area contributed by atoms with Crippen molar-refractivity contribution in [3.63, 3.8) is 0 Å². The number of para-hydroxylation sites is 3. The van der Waals surface area contributed by atoms with Crippen molar-refractivity contribution in [3.05, 3.63) is 99.6 Å². The highest BCUT2D eigenvalue weighted by atomic mass is 16.6. The highest BCUT2D eigenvalue weighted by Crippen LogP contribution is 2.38. The first kappa shape index (κ1) is 19.6. The molecule has 1 amide bonds. The lowest BCUT2D eigenvalue weighted by Crippen LogP contribution is -2.41. The van der Waals surface area contributed by atoms with Crippen molar-refractivity contribution in [2.75, 3.05) is 11.9 Å². The van der Waals surface area contributed by atoms with Crippen LogP contribution in [0.1, 0.15) is 22.9 Å². The molecule has 0 bridgehead atoms. The SMILES string of the molecule is Cc1ccccc1NC(=O)CN1Cc2ccccc2OC1c1ccccc1[N+](=O)[O-]. The number of hydrogen-bond donors (Lipinski definition) is 1. The number of anilines is 1. The lowest BCUT2D eigenvalue weighted by atomic mass is 10.1. The number of carbonyl (C=O) groups excluding carboxylic acids is 1. The van der Waals surface area contributed by atoms with Crippen LogP contribution in [0, 0.1) is 17.0 Å². The summed E-state index contributed by atoms with van der Waals surface area (Å²) in [5.41, 5.74) is 3.01. The van der Waals surface area contributed by atoms with Gasteiger partial charge in [-0.1, -0.05) is 48.5 Å². The molecule has 0 aromatic heterocycles. The molecule has 3 aromatic carbocycles. The van der Waals surface area contributed by atoms with Crippen molar-refractivity contribution >= 4 is 17.3 Å². The number of nitro benzene ring substituents is 1. The van der Waals surface area contributed by atoms with Crippen molar-refractivity contribution in [3.8, 4) is 5.75 Å². The Morgan fingerprint density at radius 1 is 1.10 bits per heavy atom. The molecule has 0 radical (unpaired) electrons. The van der Waals surface area contributed by atoms with E-state index in [1.54, 1.807) is 23.1 Å². The Hall–Kier alpha value is -3.71. The summed E-state index contributed by atoms with van der Waals surface area (Å²) in [4.78, 5) is 25.7. The van der Waals surface area contributed by atoms with Crippen molar-refractivity contribution < 1.29 is 14.5 Å². The second-order valence-corrected chi connectivity index (χ2v) is 7.16. The van der Waals surface area contributed by atoms with Gasteiger partial charge in [0.15, 0.2) is 6.23 Å². The fourth-order valence-electron chi connectivity index (χ4n) is 3.59. The normalized spacial score (nSPS) is 15.7. The maximum Gasteiger partial charge on any atom is 0.277 e. The molecule has 30 heavy (non-hydrogen) atoms. The summed E-state index contributed by atoms with van der Waals surface area (Å²) in [7, 11) is 0. The van der Waals surface area contributed by atoms with Crippen LogP contribution in [0.15, 0.2) is 72.8 Å². The Balaban J connectivity index is 1.64. The molecule has 0 aliphatic carbocycles. The van der Waals surface area contributed by atoms with Crippen molar-refractivity contribution in [1.29, 1.82) is 0 Å². The van der Waals surface area contributed by atoms with Gasteiger partial charge in [-0.15, -0.1) is 0 Å². The molecule has 0 fully saturated rings. The second kappa shape index (κ2) is 8.34. The first-order valence-electron chi connectivity index (χ1n) is 9.60. The Morgan fingerprint density at radius 2 is 1.80 bits per heavy atom. The monoisotopic (exact) mass is 403 g/mol. The van der Waals surface area contributed by atoms with Gasteiger partial charge in [-0.3, -0.25) is 19.8 Å². The number of nitrogens with one attached hydrogen (secondary N) is 1. The summed E-state index contributed by atoms with van der Waals surface area (Å²) in [5, 5.41) is 14.5. The van der Waals surface area contributed by atoms with E-state index >= 15 is 0 Å². The van der Waals surface area contributed by atoms with Gasteiger partial charge in [-0.2, -0.15) is 0 Å². The predicted octanol–water partition coefficient (Wildman–Crippen LogP) is 4.44. The van der Waals surface area contributed by atoms with E-state index in [1.807, 2.05) is 55.5 Å². The summed E-state index contributed by atoms with van der Waals surface area (Å²) in [5.74, 6) is 0.451. The zero-order valence-corrected chi connectivity index (χ0v) is 16.4. The van der Waals surface area contributed by atoms with E-state index in [9.17, 15) is 14.9 Å². The number of ether oxygens (including phenoxy) is 1. The first-order chi connectivity index (χ1) is 14.5. The lowest BCUT2D eigenvalue weighted by molar-refractivity contribution is -0.386. The van der Waals surface area contributed by atoms with Gasteiger partial charge in [0, 0.05) is 23.9 Å². The largest absolute Gasteiger partial charge is 0.470 e. The third kappa shape index (κ3) is 4.01. The number of aryl methyl sites for hydroxylation is 1. The van der Waals surface area contributed by atoms with Gasteiger partial charge < -0.3 is 10.1 Å². The molecule has 0 spiro atoms. The van der Waals surface area contributed by atoms with Crippen LogP contribution in [0.4, 0.5) is 11.4 Å². The minimum Gasteiger partial charge on any atom is -0.470 e. The number of rotatable bonds is 5. The summed E-state index contributed by atoms with van der Waals surface area (Å²) < 4.78 is 6.14. The number of hydrogen-bond acceptors (Lipinski definition) is 5. The van der Waals surface area contributed by atoms with Crippen LogP contribution in [0.3, 0.4) is 0 Å². The van der Waals surface area contributed by atoms with E-state index in [2.05, 4.69) is 5.32 Å². The second-order valence-electron chi connectivity index (χ2n) is 7.16. The number of amides is 1. The smallest absolute Gasteiger partial charge is 0.277 e. The fraction of sp³-hybridized carbons (Fsp3) is 0.174. The van der Waals surface area contributed by atoms with Gasteiger partial charge >= 0.3 is 0 Å². The van der Waals surface area contributed by atoms with Gasteiger partial charge in [-0.05, 0) is 30.7 Å². The predicted molar refractivity (Wildman–Crippen MR) is 113 cm³/mol. The molecule has 1 heterocycles. The Kier molecular flexibility index (Phi) is 5.45. The molecule has 1 aliphatic rings. The van der Waals surface area contributed by atoms with Crippen LogP contribution < -0.4 is 10.1 Å². The number of carbonyl (C=O) groups is 1. The molecule has 4 rings (SSSR count). The summed E-state index contributed by atoms with van der Waals surface area (Å²) in [6, 6.07) is 21.5. The molecule has 3 aromatic rings. The molecular formula is C23H21N3O4. The first-order valence-corrected chi connectivity index (χ1v) is 9.60. The van der Waals surface area contributed by atoms with Gasteiger partial charge in [-0.25, -0.2) is 0 Å². The molecule has 0 saturated heterocycles. The number of fused-ring (bicyclic) bond motifs is 1. The van der Waals surface area contributed by atoms with E-state index in [-0.39, 0.29) is 18.1 Å². The number of benzene rings is 3. The molecule has 1 N–H and O–H groups in total. The van der Waals surface area contributed by atoms with Crippen molar-refractivity contribution in [2.24, 2.45) is 0 Å². The van der Waals surface area contributed by atoms with E-state index in [1.165, 1.54) is 6.07 Å². The zero-order valence-electron chi connectivity index (χ0n) is 16.4. The fourth-order valence-corrected chi connectivity index (χ4v) is 3.59. The van der Waals surface area contributed by atoms with Crippen LogP contribution in [0.25, 0.3) is 0 Å². The minimum atomic E-state index is -0.746. The van der Waals surface area contributed by atoms with Gasteiger partial charge in [0.05, 0.1) is 17.0 Å². The molecule has 0 saturated carbocycles. The van der Waals surface area contributed by atoms with E-state index in [0.29, 0.717) is 17.9 Å². The molecular weight excluding hydrogens is 382 g/mol. The summed E-state index contributed by atoms with van der Waals surface area (Å²) in [6.07, 6.45) is -0.746. The minimum absolute atomic E-state index is 0.0272. The van der Waals surface area contributed by atoms with Crippen LogP contribution >= 0.6 is 0 Å². The molecule has 1 atom stereocenters. The summed E-state index contributed by atoms with van der Waals surface area (Å²) in [6.45, 7) is 2.39. The molecule has 1 aliphatic heterocycles. The zero-order chi connectivity index (χ0) is 21.1. The third-order valence-corrected chi connectivity index (χ3v) is 5.08. The average Bonchev–Trinajstić information content (AvgIpc) is 2.75. The maximum atomic E-state index is 12.8. The molecule has 152 valence electrons. The van der Waals surface area contributed by atoms with E-state index in [0.717, 1.165) is 16.8 Å². The van der Waals surface area contributed by atoms with Gasteiger partial charge in [0.25, 0.3) is 5.69 Å². The number of nitro groups is 1. The highest BCUT2D eigenvalue weighted by molar-refractivity contribution is 5.93. The van der Waals surface area contributed by atoms with Crippen molar-refractivity contribution in [2.45, 2.75) is 19.7 Å². The molecule has 1 unspecified atom stereocenters. The quantitative estimate of drug-likeness (QED) is 0.503. The van der Waals surface area contributed by atoms with Crippen LogP contribution in [-0.2, 0) is 11.3 Å². The Morgan fingerprint density at radius 3 is 2.60 bits per heavy atom. The Bertz CT molecular complexity index is 1100. The van der Waals surface area contributed by atoms with Gasteiger partial charge in [0.1, 0.15) is 5.75 Å². The lowest BCUT2D eigenvalue weighted by Gasteiger charge is -2.36. The molecule has 7 heteroatoms. The highest BCUT2D eigenvalue weighted by Gasteiger charge is 2.34. The summed E-state index contributed by atoms with van der Waals surface area (Å²) >= 11 is 0. The van der Waals surface area contributed by atoms with E-state index < -0.39 is 11.2 Å². The third-order valence-electron chi connectivity index (χ3n) is 5.08. The number of nitrogens with zero attached hydrogens (tertiary/aromatic N) is 2. The maximum absolute atomic E-state index is 12.8. The van der Waals surface area contributed by atoms with Crippen molar-refractivity contribution in [1.82, 2.24) is 4.90 Å². The van der Waals surface area contributed by atoms with Crippen LogP contribution in [0.2, 0.25) is 0 Å². The molecule has 7 nitrogen and oxygen atoms in total. The van der Waals surface area contributed by atoms with Gasteiger partial charge in [0.2, 0.25) is 5.91 Å². The van der Waals surface area contributed by atoms with Crippen LogP contribution in [0.5, 0.6) is 5.75 Å². The van der Waals surface area contributed by atoms with E-state index in [4.69, 9.17) is 4.74 Å². The topological polar surface area (TPSA) is 84.7 Å². The standard InChI is InChI=1S/C23H21N3O4/c1-16-8-2-5-11-19(16)24-22(27)15-25-14-17-9-3-7-13-21(17)30-23(25)18-10-4-6-12-20(18)26(28)29/h2-13,23H,14-15H2,1H3,(H,24,27).